The molecule has 0 spiro atoms. The van der Waals surface area contributed by atoms with Gasteiger partial charge < -0.3 is 20.1 Å². The molecule has 4 aromatic rings. The normalized spacial score (nSPS) is 11.4. The molecule has 0 heterocycles. The molecule has 5 N–H and O–H groups in total. The summed E-state index contributed by atoms with van der Waals surface area (Å²) in [5.41, 5.74) is -0.453. The Kier molecular flexibility index (Phi) is 7.12. The summed E-state index contributed by atoms with van der Waals surface area (Å²) in [5, 5.41) is 41.5. The average molecular weight is 537 g/mol. The number of azo groups is 1. The number of carboxylic acid groups (broad SMARTS) is 1. The predicted octanol–water partition coefficient (Wildman–Crippen LogP) is 5.34. The van der Waals surface area contributed by atoms with Gasteiger partial charge in [-0.25, -0.2) is 18.0 Å². The van der Waals surface area contributed by atoms with Crippen molar-refractivity contribution in [3.05, 3.63) is 78.4 Å². The fourth-order valence-electron chi connectivity index (χ4n) is 3.53. The van der Waals surface area contributed by atoms with E-state index in [-0.39, 0.29) is 39.0 Å². The molecule has 0 saturated carbocycles. The number of para-hydroxylation sites is 1. The van der Waals surface area contributed by atoms with Gasteiger partial charge in [0.2, 0.25) is 0 Å². The van der Waals surface area contributed by atoms with Crippen LogP contribution in [0.4, 0.5) is 27.5 Å². The molecule has 1 amide bonds. The number of methoxy groups -OCH3 is 1. The zero-order chi connectivity index (χ0) is 27.4. The van der Waals surface area contributed by atoms with E-state index >= 15 is 0 Å². The molecular weight excluding hydrogens is 516 g/mol. The van der Waals surface area contributed by atoms with Crippen molar-refractivity contribution in [1.82, 2.24) is 0 Å². The Labute approximate surface area is 215 Å². The summed E-state index contributed by atoms with van der Waals surface area (Å²) in [6, 6.07) is 16.6. The highest BCUT2D eigenvalue weighted by Gasteiger charge is 2.20. The number of hydrogen-bond acceptors (Lipinski definition) is 9. The summed E-state index contributed by atoms with van der Waals surface area (Å²) in [7, 11) is -3.10. The van der Waals surface area contributed by atoms with Gasteiger partial charge in [0.15, 0.2) is 0 Å². The van der Waals surface area contributed by atoms with E-state index in [1.165, 1.54) is 37.4 Å². The number of rotatable bonds is 7. The van der Waals surface area contributed by atoms with Gasteiger partial charge >= 0.3 is 12.1 Å². The number of aromatic hydroxyl groups is 2. The van der Waals surface area contributed by atoms with Gasteiger partial charge in [0, 0.05) is 5.39 Å². The van der Waals surface area contributed by atoms with Crippen molar-refractivity contribution in [2.24, 2.45) is 10.2 Å². The number of amides is 1. The molecule has 12 nitrogen and oxygen atoms in total. The highest BCUT2D eigenvalue weighted by atomic mass is 32.2. The van der Waals surface area contributed by atoms with E-state index in [0.717, 1.165) is 18.2 Å². The second-order valence-corrected chi connectivity index (χ2v) is 9.44. The first-order valence-electron chi connectivity index (χ1n) is 10.8. The topological polar surface area (TPSA) is 187 Å². The number of phenolic OH excluding ortho intramolecular Hbond substituents is 2. The first-order valence-corrected chi connectivity index (χ1v) is 12.3. The fourth-order valence-corrected chi connectivity index (χ4v) is 4.63. The summed E-state index contributed by atoms with van der Waals surface area (Å²) in [4.78, 5) is 22.9. The maximum atomic E-state index is 13.0. The summed E-state index contributed by atoms with van der Waals surface area (Å²) in [5.74, 6) is -2.03. The predicted molar refractivity (Wildman–Crippen MR) is 138 cm³/mol. The Hall–Kier alpha value is -5.17. The third-order valence-corrected chi connectivity index (χ3v) is 6.70. The van der Waals surface area contributed by atoms with Crippen molar-refractivity contribution in [2.75, 3.05) is 17.1 Å². The summed E-state index contributed by atoms with van der Waals surface area (Å²) >= 11 is 0. The number of sulfonamides is 1. The molecule has 194 valence electrons. The standard InChI is InChI=1S/C25H20N4O8S/c1-37-25(34)26-18-8-4-5-14-9-11-21(31)23(22(14)18)28-27-19-13-15(10-12-20(19)30)38(35,36)29-17-7-3-2-6-16(17)24(32)33/h2-13,29-31H,1H3,(H,26,34)(H,32,33). The monoisotopic (exact) mass is 536 g/mol. The van der Waals surface area contributed by atoms with Crippen LogP contribution in [0.15, 0.2) is 87.9 Å². The van der Waals surface area contributed by atoms with Gasteiger partial charge in [-0.1, -0.05) is 30.3 Å². The van der Waals surface area contributed by atoms with Crippen LogP contribution in [0.2, 0.25) is 0 Å². The third kappa shape index (κ3) is 5.32. The van der Waals surface area contributed by atoms with Crippen molar-refractivity contribution in [3.63, 3.8) is 0 Å². The van der Waals surface area contributed by atoms with Gasteiger partial charge in [0.25, 0.3) is 10.0 Å². The SMILES string of the molecule is COC(=O)Nc1cccc2ccc(O)c(N=Nc3cc(S(=O)(=O)Nc4ccccc4C(=O)O)ccc3O)c12. The third-order valence-electron chi connectivity index (χ3n) is 5.34. The van der Waals surface area contributed by atoms with E-state index in [2.05, 4.69) is 25.0 Å². The Morgan fingerprint density at radius 3 is 2.32 bits per heavy atom. The van der Waals surface area contributed by atoms with Crippen LogP contribution in [0.3, 0.4) is 0 Å². The minimum Gasteiger partial charge on any atom is -0.506 e. The smallest absolute Gasteiger partial charge is 0.411 e. The van der Waals surface area contributed by atoms with Crippen LogP contribution in [0.5, 0.6) is 11.5 Å². The van der Waals surface area contributed by atoms with Crippen molar-refractivity contribution < 1.29 is 38.1 Å². The number of aromatic carboxylic acids is 1. The van der Waals surface area contributed by atoms with Crippen LogP contribution < -0.4 is 10.0 Å². The highest BCUT2D eigenvalue weighted by Crippen LogP contribution is 2.41. The van der Waals surface area contributed by atoms with Crippen molar-refractivity contribution in [2.45, 2.75) is 4.90 Å². The number of carbonyl (C=O) groups is 2. The van der Waals surface area contributed by atoms with Crippen LogP contribution in [-0.2, 0) is 14.8 Å². The van der Waals surface area contributed by atoms with Gasteiger partial charge in [-0.05, 0) is 47.9 Å². The zero-order valence-corrected chi connectivity index (χ0v) is 20.4. The van der Waals surface area contributed by atoms with E-state index in [1.807, 2.05) is 0 Å². The van der Waals surface area contributed by atoms with Crippen LogP contribution in [-0.4, -0.2) is 42.9 Å². The van der Waals surface area contributed by atoms with Crippen molar-refractivity contribution >= 4 is 55.6 Å². The van der Waals surface area contributed by atoms with E-state index in [9.17, 15) is 33.3 Å². The Morgan fingerprint density at radius 1 is 0.868 bits per heavy atom. The molecule has 0 fully saturated rings. The molecule has 0 aliphatic heterocycles. The van der Waals surface area contributed by atoms with Crippen LogP contribution in [0, 0.1) is 0 Å². The molecular formula is C25H20N4O8S. The van der Waals surface area contributed by atoms with Crippen molar-refractivity contribution in [1.29, 1.82) is 0 Å². The van der Waals surface area contributed by atoms with E-state index in [0.29, 0.717) is 10.8 Å². The van der Waals surface area contributed by atoms with E-state index in [1.54, 1.807) is 24.3 Å². The molecule has 4 aromatic carbocycles. The lowest BCUT2D eigenvalue weighted by molar-refractivity contribution is 0.0698. The zero-order valence-electron chi connectivity index (χ0n) is 19.6. The molecule has 0 aliphatic rings. The Morgan fingerprint density at radius 2 is 1.58 bits per heavy atom. The first-order chi connectivity index (χ1) is 18.1. The molecule has 0 bridgehead atoms. The lowest BCUT2D eigenvalue weighted by Crippen LogP contribution is -2.15. The molecule has 38 heavy (non-hydrogen) atoms. The lowest BCUT2D eigenvalue weighted by atomic mass is 10.1. The van der Waals surface area contributed by atoms with Crippen LogP contribution >= 0.6 is 0 Å². The summed E-state index contributed by atoms with van der Waals surface area (Å²) < 4.78 is 32.8. The fraction of sp³-hybridized carbons (Fsp3) is 0.0400. The minimum absolute atomic E-state index is 0.0596. The lowest BCUT2D eigenvalue weighted by Gasteiger charge is -2.12. The second kappa shape index (κ2) is 10.4. The van der Waals surface area contributed by atoms with Crippen LogP contribution in [0.25, 0.3) is 10.8 Å². The minimum atomic E-state index is -4.29. The number of carbonyl (C=O) groups excluding carboxylic acids is 1. The number of carboxylic acids is 1. The first kappa shape index (κ1) is 25.9. The Bertz CT molecular complexity index is 1700. The Balaban J connectivity index is 1.74. The highest BCUT2D eigenvalue weighted by molar-refractivity contribution is 7.92. The van der Waals surface area contributed by atoms with Gasteiger partial charge in [0.1, 0.15) is 22.9 Å². The molecule has 0 unspecified atom stereocenters. The molecule has 0 aliphatic carbocycles. The summed E-state index contributed by atoms with van der Waals surface area (Å²) in [6.07, 6.45) is -0.753. The number of phenols is 2. The quantitative estimate of drug-likeness (QED) is 0.196. The number of nitrogens with one attached hydrogen (secondary N) is 2. The number of benzene rings is 4. The maximum Gasteiger partial charge on any atom is 0.411 e. The molecule has 13 heteroatoms. The number of anilines is 2. The molecule has 0 atom stereocenters. The number of hydrogen-bond donors (Lipinski definition) is 5. The van der Waals surface area contributed by atoms with Gasteiger partial charge in [-0.2, -0.15) is 0 Å². The van der Waals surface area contributed by atoms with Gasteiger partial charge in [0.05, 0.1) is 28.9 Å². The van der Waals surface area contributed by atoms with Crippen LogP contribution in [0.1, 0.15) is 10.4 Å². The van der Waals surface area contributed by atoms with Gasteiger partial charge in [-0.3, -0.25) is 10.0 Å². The molecule has 4 rings (SSSR count). The summed E-state index contributed by atoms with van der Waals surface area (Å²) in [6.45, 7) is 0. The molecule has 0 saturated heterocycles. The van der Waals surface area contributed by atoms with Gasteiger partial charge in [-0.15, -0.1) is 10.2 Å². The maximum absolute atomic E-state index is 13.0. The van der Waals surface area contributed by atoms with Crippen molar-refractivity contribution in [3.8, 4) is 11.5 Å². The molecule has 0 radical (unpaired) electrons. The van der Waals surface area contributed by atoms with E-state index < -0.39 is 27.8 Å². The number of fused-ring (bicyclic) bond motifs is 1. The number of nitrogens with zero attached hydrogens (tertiary/aromatic N) is 2. The largest absolute Gasteiger partial charge is 0.506 e. The van der Waals surface area contributed by atoms with E-state index in [4.69, 9.17) is 0 Å². The number of ether oxygens (including phenoxy) is 1. The average Bonchev–Trinajstić information content (AvgIpc) is 2.89. The molecule has 0 aromatic heterocycles. The second-order valence-electron chi connectivity index (χ2n) is 7.76.